The molecule has 1 aromatic rings. The highest BCUT2D eigenvalue weighted by Gasteiger charge is 2.13. The Bertz CT molecular complexity index is 414. The van der Waals surface area contributed by atoms with Crippen molar-refractivity contribution in [3.63, 3.8) is 0 Å². The lowest BCUT2D eigenvalue weighted by Gasteiger charge is -2.09. The van der Waals surface area contributed by atoms with Gasteiger partial charge in [0.1, 0.15) is 0 Å². The number of sulfonamides is 1. The third kappa shape index (κ3) is 4.71. The zero-order chi connectivity index (χ0) is 11.3. The highest BCUT2D eigenvalue weighted by molar-refractivity contribution is 7.88. The SMILES string of the molecule is CS(=O)(=O)N[C@H]([C]=O)Cc1ccccc1. The van der Waals surface area contributed by atoms with Gasteiger partial charge in [0.2, 0.25) is 16.3 Å². The predicted molar refractivity (Wildman–Crippen MR) is 57.6 cm³/mol. The molecule has 0 heterocycles. The Morgan fingerprint density at radius 1 is 1.33 bits per heavy atom. The Hall–Kier alpha value is -1.20. The first-order valence-electron chi connectivity index (χ1n) is 4.40. The molecule has 0 bridgehead atoms. The van der Waals surface area contributed by atoms with Crippen molar-refractivity contribution in [3.8, 4) is 0 Å². The topological polar surface area (TPSA) is 63.2 Å². The van der Waals surface area contributed by atoms with Crippen LogP contribution in [0.1, 0.15) is 5.56 Å². The van der Waals surface area contributed by atoms with Gasteiger partial charge in [-0.1, -0.05) is 30.3 Å². The van der Waals surface area contributed by atoms with Crippen LogP contribution in [0, 0.1) is 0 Å². The van der Waals surface area contributed by atoms with Crippen LogP contribution in [-0.2, 0) is 21.2 Å². The molecule has 0 fully saturated rings. The van der Waals surface area contributed by atoms with Gasteiger partial charge in [-0.25, -0.2) is 13.1 Å². The highest BCUT2D eigenvalue weighted by Crippen LogP contribution is 2.02. The summed E-state index contributed by atoms with van der Waals surface area (Å²) < 4.78 is 24.0. The maximum Gasteiger partial charge on any atom is 0.218 e. The molecule has 15 heavy (non-hydrogen) atoms. The fraction of sp³-hybridized carbons (Fsp3) is 0.300. The van der Waals surface area contributed by atoms with Gasteiger partial charge in [-0.2, -0.15) is 0 Å². The molecule has 0 aliphatic carbocycles. The lowest BCUT2D eigenvalue weighted by atomic mass is 10.1. The minimum Gasteiger partial charge on any atom is -0.289 e. The van der Waals surface area contributed by atoms with Gasteiger partial charge in [-0.3, -0.25) is 4.79 Å². The normalized spacial score (nSPS) is 13.4. The second-order valence-electron chi connectivity index (χ2n) is 3.25. The van der Waals surface area contributed by atoms with Crippen molar-refractivity contribution in [3.05, 3.63) is 35.9 Å². The van der Waals surface area contributed by atoms with E-state index < -0.39 is 16.1 Å². The summed E-state index contributed by atoms with van der Waals surface area (Å²) in [6.45, 7) is 0. The quantitative estimate of drug-likeness (QED) is 0.783. The monoisotopic (exact) mass is 226 g/mol. The minimum absolute atomic E-state index is 0.317. The molecule has 0 aliphatic heterocycles. The molecule has 0 spiro atoms. The van der Waals surface area contributed by atoms with Crippen LogP contribution >= 0.6 is 0 Å². The lowest BCUT2D eigenvalue weighted by Crippen LogP contribution is -2.36. The first kappa shape index (κ1) is 11.9. The molecule has 5 heteroatoms. The van der Waals surface area contributed by atoms with Crippen LogP contribution in [0.3, 0.4) is 0 Å². The van der Waals surface area contributed by atoms with Gasteiger partial charge in [-0.05, 0) is 12.0 Å². The smallest absolute Gasteiger partial charge is 0.218 e. The van der Waals surface area contributed by atoms with E-state index in [1.165, 1.54) is 0 Å². The molecule has 0 aliphatic rings. The third-order valence-corrected chi connectivity index (χ3v) is 2.49. The number of benzene rings is 1. The van der Waals surface area contributed by atoms with E-state index in [0.717, 1.165) is 11.8 Å². The van der Waals surface area contributed by atoms with Crippen LogP contribution in [0.15, 0.2) is 30.3 Å². The molecule has 0 aromatic heterocycles. The summed E-state index contributed by atoms with van der Waals surface area (Å²) in [4.78, 5) is 10.5. The second-order valence-corrected chi connectivity index (χ2v) is 5.03. The summed E-state index contributed by atoms with van der Waals surface area (Å²) >= 11 is 0. The molecule has 4 nitrogen and oxygen atoms in total. The van der Waals surface area contributed by atoms with E-state index in [2.05, 4.69) is 4.72 Å². The number of rotatable bonds is 5. The molecule has 1 aromatic carbocycles. The molecule has 1 atom stereocenters. The van der Waals surface area contributed by atoms with Gasteiger partial charge in [0, 0.05) is 0 Å². The van der Waals surface area contributed by atoms with Crippen LogP contribution < -0.4 is 4.72 Å². The number of carbonyl (C=O) groups excluding carboxylic acids is 1. The summed E-state index contributed by atoms with van der Waals surface area (Å²) in [6.07, 6.45) is 3.00. The van der Waals surface area contributed by atoms with Crippen molar-refractivity contribution < 1.29 is 13.2 Å². The average molecular weight is 226 g/mol. The van der Waals surface area contributed by atoms with Gasteiger partial charge >= 0.3 is 0 Å². The fourth-order valence-corrected chi connectivity index (χ4v) is 1.86. The largest absolute Gasteiger partial charge is 0.289 e. The number of hydrogen-bond donors (Lipinski definition) is 1. The lowest BCUT2D eigenvalue weighted by molar-refractivity contribution is 0.527. The molecule has 0 saturated heterocycles. The molecule has 0 saturated carbocycles. The average Bonchev–Trinajstić information content (AvgIpc) is 2.16. The van der Waals surface area contributed by atoms with E-state index in [4.69, 9.17) is 0 Å². The van der Waals surface area contributed by atoms with Crippen molar-refractivity contribution in [1.29, 1.82) is 0 Å². The molecule has 0 unspecified atom stereocenters. The van der Waals surface area contributed by atoms with Crippen molar-refractivity contribution >= 4 is 16.3 Å². The van der Waals surface area contributed by atoms with E-state index in [1.54, 1.807) is 6.29 Å². The van der Waals surface area contributed by atoms with E-state index in [1.807, 2.05) is 30.3 Å². The zero-order valence-electron chi connectivity index (χ0n) is 8.30. The number of hydrogen-bond acceptors (Lipinski definition) is 3. The van der Waals surface area contributed by atoms with Gasteiger partial charge in [0.05, 0.1) is 12.3 Å². The Morgan fingerprint density at radius 3 is 2.40 bits per heavy atom. The van der Waals surface area contributed by atoms with Gasteiger partial charge < -0.3 is 0 Å². The Morgan fingerprint density at radius 2 is 1.93 bits per heavy atom. The van der Waals surface area contributed by atoms with Crippen LogP contribution in [0.25, 0.3) is 0 Å². The maximum absolute atomic E-state index is 10.9. The van der Waals surface area contributed by atoms with Crippen molar-refractivity contribution in [2.75, 3.05) is 6.26 Å². The van der Waals surface area contributed by atoms with Crippen molar-refractivity contribution in [2.24, 2.45) is 0 Å². The van der Waals surface area contributed by atoms with Crippen LogP contribution in [0.4, 0.5) is 0 Å². The van der Waals surface area contributed by atoms with Gasteiger partial charge in [0.15, 0.2) is 0 Å². The second kappa shape index (κ2) is 5.04. The predicted octanol–water partition coefficient (Wildman–Crippen LogP) is 0.257. The van der Waals surface area contributed by atoms with Gasteiger partial charge in [0.25, 0.3) is 0 Å². The highest BCUT2D eigenvalue weighted by atomic mass is 32.2. The fourth-order valence-electron chi connectivity index (χ4n) is 1.22. The van der Waals surface area contributed by atoms with E-state index in [9.17, 15) is 13.2 Å². The Kier molecular flexibility index (Phi) is 3.99. The van der Waals surface area contributed by atoms with Crippen molar-refractivity contribution in [2.45, 2.75) is 12.5 Å². The first-order chi connectivity index (χ1) is 7.01. The summed E-state index contributed by atoms with van der Waals surface area (Å²) in [5.41, 5.74) is 0.891. The van der Waals surface area contributed by atoms with Crippen LogP contribution in [0.2, 0.25) is 0 Å². The maximum atomic E-state index is 10.9. The first-order valence-corrected chi connectivity index (χ1v) is 6.29. The number of nitrogens with one attached hydrogen (secondary N) is 1. The van der Waals surface area contributed by atoms with E-state index in [0.29, 0.717) is 6.42 Å². The van der Waals surface area contributed by atoms with Gasteiger partial charge in [-0.15, -0.1) is 0 Å². The standard InChI is InChI=1S/C10H12NO3S/c1-15(13,14)11-10(8-12)7-9-5-3-2-4-6-9/h2-6,10-11H,7H2,1H3/t10-/m0/s1. The zero-order valence-corrected chi connectivity index (χ0v) is 9.12. The molecule has 1 rings (SSSR count). The molecular weight excluding hydrogens is 214 g/mol. The van der Waals surface area contributed by atoms with Crippen LogP contribution in [-0.4, -0.2) is 27.0 Å². The molecule has 0 amide bonds. The molecule has 81 valence electrons. The van der Waals surface area contributed by atoms with Crippen LogP contribution in [0.5, 0.6) is 0 Å². The summed E-state index contributed by atoms with van der Waals surface area (Å²) in [5.74, 6) is 0. The van der Waals surface area contributed by atoms with E-state index in [-0.39, 0.29) is 0 Å². The minimum atomic E-state index is -3.37. The summed E-state index contributed by atoms with van der Waals surface area (Å²) in [7, 11) is -3.37. The van der Waals surface area contributed by atoms with E-state index >= 15 is 0 Å². The third-order valence-electron chi connectivity index (χ3n) is 1.78. The molecule has 1 N–H and O–H groups in total. The summed E-state index contributed by atoms with van der Waals surface area (Å²) in [6, 6.07) is 8.35. The molecular formula is C10H12NO3S. The Balaban J connectivity index is 2.67. The Labute approximate surface area is 89.4 Å². The summed E-state index contributed by atoms with van der Waals surface area (Å²) in [5, 5.41) is 0. The molecule has 1 radical (unpaired) electrons. The van der Waals surface area contributed by atoms with Crippen molar-refractivity contribution in [1.82, 2.24) is 4.72 Å².